The second kappa shape index (κ2) is 7.43. The van der Waals surface area contributed by atoms with Crippen LogP contribution in [0.25, 0.3) is 11.4 Å². The first-order valence-corrected chi connectivity index (χ1v) is 8.22. The Hall–Kier alpha value is -2.74. The molecule has 3 rings (SSSR count). The van der Waals surface area contributed by atoms with Crippen LogP contribution < -0.4 is 5.32 Å². The minimum Gasteiger partial charge on any atom is -0.339 e. The molecule has 0 aliphatic carbocycles. The van der Waals surface area contributed by atoms with Crippen LogP contribution in [-0.2, 0) is 9.59 Å². The number of rotatable bonds is 4. The predicted octanol–water partition coefficient (Wildman–Crippen LogP) is 1.88. The summed E-state index contributed by atoms with van der Waals surface area (Å²) < 4.78 is 0. The van der Waals surface area contributed by atoms with Crippen LogP contribution >= 0.6 is 11.6 Å². The van der Waals surface area contributed by atoms with E-state index in [0.29, 0.717) is 48.0 Å². The van der Waals surface area contributed by atoms with Gasteiger partial charge in [-0.1, -0.05) is 18.2 Å². The fourth-order valence-corrected chi connectivity index (χ4v) is 2.99. The minimum atomic E-state index is -0.175. The lowest BCUT2D eigenvalue weighted by Gasteiger charge is -2.30. The molecule has 0 spiro atoms. The SMILES string of the molecule is C=CC(=O)N1CCC(C(=O)Nc2cc(Cl)ccc2-c2nn[nH]n2)CC1. The number of hydrogen-bond donors (Lipinski definition) is 2. The number of aromatic nitrogens is 4. The lowest BCUT2D eigenvalue weighted by Crippen LogP contribution is -2.40. The number of piperidine rings is 1. The average molecular weight is 361 g/mol. The summed E-state index contributed by atoms with van der Waals surface area (Å²) in [6.07, 6.45) is 2.50. The van der Waals surface area contributed by atoms with Crippen LogP contribution in [0.15, 0.2) is 30.9 Å². The largest absolute Gasteiger partial charge is 0.339 e. The van der Waals surface area contributed by atoms with Crippen molar-refractivity contribution in [2.24, 2.45) is 5.92 Å². The van der Waals surface area contributed by atoms with E-state index in [9.17, 15) is 9.59 Å². The number of aromatic amines is 1. The molecule has 0 radical (unpaired) electrons. The van der Waals surface area contributed by atoms with Gasteiger partial charge in [-0.05, 0) is 42.3 Å². The molecule has 0 atom stereocenters. The molecule has 0 saturated carbocycles. The smallest absolute Gasteiger partial charge is 0.245 e. The molecule has 1 aromatic carbocycles. The molecule has 2 amide bonds. The van der Waals surface area contributed by atoms with Crippen molar-refractivity contribution in [3.8, 4) is 11.4 Å². The standard InChI is InChI=1S/C16H17ClN6O2/c1-2-14(24)23-7-5-10(6-8-23)16(25)18-13-9-11(17)3-4-12(13)15-19-21-22-20-15/h2-4,9-10H,1,5-8H2,(H,18,25)(H,19,20,21,22). The van der Waals surface area contributed by atoms with Crippen LogP contribution in [0, 0.1) is 5.92 Å². The van der Waals surface area contributed by atoms with Crippen molar-refractivity contribution in [1.82, 2.24) is 25.5 Å². The summed E-state index contributed by atoms with van der Waals surface area (Å²) in [5.74, 6) is -0.0184. The zero-order valence-corrected chi connectivity index (χ0v) is 14.2. The Bertz CT molecular complexity index is 784. The van der Waals surface area contributed by atoms with Gasteiger partial charge in [-0.3, -0.25) is 9.59 Å². The van der Waals surface area contributed by atoms with Gasteiger partial charge in [0.15, 0.2) is 0 Å². The van der Waals surface area contributed by atoms with Gasteiger partial charge < -0.3 is 10.2 Å². The van der Waals surface area contributed by atoms with Gasteiger partial charge in [-0.15, -0.1) is 10.2 Å². The van der Waals surface area contributed by atoms with E-state index in [1.165, 1.54) is 6.08 Å². The number of anilines is 1. The summed E-state index contributed by atoms with van der Waals surface area (Å²) in [4.78, 5) is 25.9. The number of benzene rings is 1. The summed E-state index contributed by atoms with van der Waals surface area (Å²) in [5.41, 5.74) is 1.16. The first-order chi connectivity index (χ1) is 12.1. The molecule has 2 heterocycles. The van der Waals surface area contributed by atoms with Crippen molar-refractivity contribution in [1.29, 1.82) is 0 Å². The Balaban J connectivity index is 1.71. The summed E-state index contributed by atoms with van der Waals surface area (Å²) in [6.45, 7) is 4.56. The summed E-state index contributed by atoms with van der Waals surface area (Å²) in [5, 5.41) is 17.2. The van der Waals surface area contributed by atoms with Gasteiger partial charge in [0.25, 0.3) is 0 Å². The summed E-state index contributed by atoms with van der Waals surface area (Å²) in [7, 11) is 0. The highest BCUT2D eigenvalue weighted by molar-refractivity contribution is 6.31. The van der Waals surface area contributed by atoms with E-state index in [1.54, 1.807) is 23.1 Å². The molecule has 1 aliphatic rings. The normalized spacial score (nSPS) is 15.0. The fourth-order valence-electron chi connectivity index (χ4n) is 2.82. The highest BCUT2D eigenvalue weighted by atomic mass is 35.5. The van der Waals surface area contributed by atoms with E-state index >= 15 is 0 Å². The third-order valence-electron chi connectivity index (χ3n) is 4.18. The monoisotopic (exact) mass is 360 g/mol. The topological polar surface area (TPSA) is 104 Å². The molecule has 1 aromatic heterocycles. The number of carbonyl (C=O) groups excluding carboxylic acids is 2. The molecule has 2 aromatic rings. The highest BCUT2D eigenvalue weighted by Crippen LogP contribution is 2.29. The van der Waals surface area contributed by atoms with Gasteiger partial charge in [0.1, 0.15) is 0 Å². The molecule has 25 heavy (non-hydrogen) atoms. The Morgan fingerprint density at radius 2 is 2.12 bits per heavy atom. The predicted molar refractivity (Wildman–Crippen MR) is 92.8 cm³/mol. The van der Waals surface area contributed by atoms with Crippen LogP contribution in [0.3, 0.4) is 0 Å². The van der Waals surface area contributed by atoms with Crippen molar-refractivity contribution < 1.29 is 9.59 Å². The van der Waals surface area contributed by atoms with Gasteiger partial charge in [0.2, 0.25) is 17.6 Å². The molecular weight excluding hydrogens is 344 g/mol. The zero-order valence-electron chi connectivity index (χ0n) is 13.4. The first kappa shape index (κ1) is 17.1. The van der Waals surface area contributed by atoms with Gasteiger partial charge in [0, 0.05) is 29.6 Å². The number of H-pyrrole nitrogens is 1. The lowest BCUT2D eigenvalue weighted by atomic mass is 9.95. The average Bonchev–Trinajstić information content (AvgIpc) is 3.15. The Labute approximate surface area is 149 Å². The lowest BCUT2D eigenvalue weighted by molar-refractivity contribution is -0.130. The Kier molecular flexibility index (Phi) is 5.08. The fraction of sp³-hybridized carbons (Fsp3) is 0.312. The minimum absolute atomic E-state index is 0.104. The van der Waals surface area contributed by atoms with Crippen LogP contribution in [0.4, 0.5) is 5.69 Å². The number of amides is 2. The van der Waals surface area contributed by atoms with E-state index < -0.39 is 0 Å². The molecule has 0 bridgehead atoms. The Morgan fingerprint density at radius 1 is 1.36 bits per heavy atom. The van der Waals surface area contributed by atoms with E-state index in [-0.39, 0.29) is 17.7 Å². The van der Waals surface area contributed by atoms with E-state index in [2.05, 4.69) is 32.5 Å². The summed E-state index contributed by atoms with van der Waals surface area (Å²) >= 11 is 6.05. The first-order valence-electron chi connectivity index (χ1n) is 7.84. The highest BCUT2D eigenvalue weighted by Gasteiger charge is 2.27. The maximum atomic E-state index is 12.6. The van der Waals surface area contributed by atoms with Gasteiger partial charge in [-0.2, -0.15) is 5.21 Å². The third-order valence-corrected chi connectivity index (χ3v) is 4.41. The second-order valence-corrected chi connectivity index (χ2v) is 6.15. The number of nitrogens with one attached hydrogen (secondary N) is 2. The molecular formula is C16H17ClN6O2. The van der Waals surface area contributed by atoms with Gasteiger partial charge in [-0.25, -0.2) is 0 Å². The molecule has 2 N–H and O–H groups in total. The van der Waals surface area contributed by atoms with E-state index in [0.717, 1.165) is 0 Å². The number of tetrazole rings is 1. The van der Waals surface area contributed by atoms with Crippen molar-refractivity contribution in [3.05, 3.63) is 35.9 Å². The van der Waals surface area contributed by atoms with E-state index in [4.69, 9.17) is 11.6 Å². The number of carbonyl (C=O) groups is 2. The van der Waals surface area contributed by atoms with E-state index in [1.807, 2.05) is 0 Å². The maximum Gasteiger partial charge on any atom is 0.245 e. The molecule has 130 valence electrons. The van der Waals surface area contributed by atoms with Crippen LogP contribution in [-0.4, -0.2) is 50.4 Å². The van der Waals surface area contributed by atoms with Crippen molar-refractivity contribution in [2.45, 2.75) is 12.8 Å². The molecule has 1 fully saturated rings. The Morgan fingerprint density at radius 3 is 2.76 bits per heavy atom. The maximum absolute atomic E-state index is 12.6. The zero-order chi connectivity index (χ0) is 17.8. The van der Waals surface area contributed by atoms with Gasteiger partial charge >= 0.3 is 0 Å². The number of hydrogen-bond acceptors (Lipinski definition) is 5. The third kappa shape index (κ3) is 3.85. The quantitative estimate of drug-likeness (QED) is 0.810. The number of halogens is 1. The van der Waals surface area contributed by atoms with Crippen molar-refractivity contribution >= 4 is 29.1 Å². The second-order valence-electron chi connectivity index (χ2n) is 5.72. The number of nitrogens with zero attached hydrogens (tertiary/aromatic N) is 4. The van der Waals surface area contributed by atoms with Crippen LogP contribution in [0.2, 0.25) is 5.02 Å². The van der Waals surface area contributed by atoms with Crippen molar-refractivity contribution in [3.63, 3.8) is 0 Å². The molecule has 1 aliphatic heterocycles. The van der Waals surface area contributed by atoms with Gasteiger partial charge in [0.05, 0.1) is 5.69 Å². The molecule has 1 saturated heterocycles. The van der Waals surface area contributed by atoms with Crippen molar-refractivity contribution in [2.75, 3.05) is 18.4 Å². The molecule has 0 unspecified atom stereocenters. The molecule has 9 heteroatoms. The van der Waals surface area contributed by atoms with Crippen LogP contribution in [0.1, 0.15) is 12.8 Å². The molecule has 8 nitrogen and oxygen atoms in total. The summed E-state index contributed by atoms with van der Waals surface area (Å²) in [6, 6.07) is 5.08. The van der Waals surface area contributed by atoms with Crippen LogP contribution in [0.5, 0.6) is 0 Å². The number of likely N-dealkylation sites (tertiary alicyclic amines) is 1.